The molecule has 12 atom stereocenters. The number of carbonyl (C=O) groups excluding carboxylic acids is 1. The van der Waals surface area contributed by atoms with Gasteiger partial charge in [0.25, 0.3) is 0 Å². The second-order valence-electron chi connectivity index (χ2n) is 13.7. The van der Waals surface area contributed by atoms with Crippen molar-refractivity contribution in [2.75, 3.05) is 0 Å². The van der Waals surface area contributed by atoms with E-state index in [1.165, 1.54) is 19.3 Å². The van der Waals surface area contributed by atoms with Crippen LogP contribution in [0.15, 0.2) is 0 Å². The number of hydrogen-bond donors (Lipinski definition) is 2. The van der Waals surface area contributed by atoms with Crippen LogP contribution in [0.2, 0.25) is 0 Å². The van der Waals surface area contributed by atoms with Gasteiger partial charge >= 0.3 is 0 Å². The Bertz CT molecular complexity index is 750. The molecule has 4 aliphatic carbocycles. The van der Waals surface area contributed by atoms with Crippen LogP contribution in [0, 0.1) is 58.2 Å². The molecule has 1 saturated heterocycles. The van der Waals surface area contributed by atoms with E-state index >= 15 is 0 Å². The zero-order chi connectivity index (χ0) is 25.7. The maximum absolute atomic E-state index is 13.7. The predicted octanol–water partition coefficient (Wildman–Crippen LogP) is 6.62. The van der Waals surface area contributed by atoms with E-state index in [0.717, 1.165) is 38.5 Å². The summed E-state index contributed by atoms with van der Waals surface area (Å²) >= 11 is 0. The number of aliphatic hydroxyl groups is 2. The van der Waals surface area contributed by atoms with Crippen LogP contribution in [0.1, 0.15) is 113 Å². The number of fused-ring (bicyclic) bond motifs is 5. The first-order valence-electron chi connectivity index (χ1n) is 15.1. The van der Waals surface area contributed by atoms with Crippen LogP contribution in [0.4, 0.5) is 0 Å². The Morgan fingerprint density at radius 1 is 0.914 bits per heavy atom. The van der Waals surface area contributed by atoms with Crippen LogP contribution in [0.25, 0.3) is 0 Å². The van der Waals surface area contributed by atoms with Crippen molar-refractivity contribution in [3.8, 4) is 0 Å². The van der Waals surface area contributed by atoms with Gasteiger partial charge in [-0.15, -0.1) is 0 Å². The maximum atomic E-state index is 13.7. The highest BCUT2D eigenvalue weighted by Crippen LogP contribution is 2.67. The highest BCUT2D eigenvalue weighted by molar-refractivity contribution is 5.85. The Morgan fingerprint density at radius 2 is 1.60 bits per heavy atom. The monoisotopic (exact) mass is 490 g/mol. The first-order chi connectivity index (χ1) is 16.5. The van der Waals surface area contributed by atoms with Gasteiger partial charge in [-0.3, -0.25) is 4.79 Å². The van der Waals surface area contributed by atoms with E-state index < -0.39 is 6.29 Å². The van der Waals surface area contributed by atoms with Gasteiger partial charge in [0.05, 0.1) is 12.2 Å². The minimum Gasteiger partial charge on any atom is -0.393 e. The van der Waals surface area contributed by atoms with E-state index in [1.54, 1.807) is 0 Å². The molecule has 0 aromatic heterocycles. The third kappa shape index (κ3) is 4.67. The van der Waals surface area contributed by atoms with E-state index in [-0.39, 0.29) is 23.5 Å². The fourth-order valence-corrected chi connectivity index (χ4v) is 9.97. The number of Topliss-reactive ketones (excluding diaryl/α,β-unsaturated/α-hetero) is 1. The summed E-state index contributed by atoms with van der Waals surface area (Å²) in [7, 11) is 0. The molecule has 1 aliphatic heterocycles. The van der Waals surface area contributed by atoms with Gasteiger partial charge in [-0.25, -0.2) is 0 Å². The van der Waals surface area contributed by atoms with E-state index in [2.05, 4.69) is 34.6 Å². The van der Waals surface area contributed by atoms with E-state index in [0.29, 0.717) is 59.0 Å². The molecule has 35 heavy (non-hydrogen) atoms. The first-order valence-corrected chi connectivity index (χ1v) is 15.1. The van der Waals surface area contributed by atoms with Crippen LogP contribution in [-0.2, 0) is 9.53 Å². The Morgan fingerprint density at radius 3 is 2.29 bits per heavy atom. The summed E-state index contributed by atoms with van der Waals surface area (Å²) in [5.74, 6) is 4.20. The van der Waals surface area contributed by atoms with Gasteiger partial charge in [-0.1, -0.05) is 48.5 Å². The lowest BCUT2D eigenvalue weighted by molar-refractivity contribution is -0.205. The van der Waals surface area contributed by atoms with Crippen LogP contribution < -0.4 is 0 Å². The molecule has 0 radical (unpaired) electrons. The average molecular weight is 491 g/mol. The standard InChI is InChI=1S/C29H48O4.C2H6/c1-16(2)18-12-25(33-26(32)13-18)17(3)23-15-24(31)27-21-7-6-19-14-20(30)8-10-28(19,4)22(21)9-11-29(23,27)5;1-2/h16-23,25-27,30,32H,6-15H2,1-5H3;1-2H3. The number of ketones is 1. The number of carbonyl (C=O) groups is 1. The highest BCUT2D eigenvalue weighted by Gasteiger charge is 2.64. The minimum atomic E-state index is -0.660. The van der Waals surface area contributed by atoms with Crippen molar-refractivity contribution >= 4 is 5.78 Å². The summed E-state index contributed by atoms with van der Waals surface area (Å²) in [6, 6.07) is 0. The van der Waals surface area contributed by atoms with Gasteiger partial charge in [-0.05, 0) is 104 Å². The van der Waals surface area contributed by atoms with Gasteiger partial charge < -0.3 is 14.9 Å². The Balaban J connectivity index is 0.00000141. The van der Waals surface area contributed by atoms with Crippen LogP contribution in [0.3, 0.4) is 0 Å². The van der Waals surface area contributed by atoms with Crippen LogP contribution in [0.5, 0.6) is 0 Å². The zero-order valence-corrected chi connectivity index (χ0v) is 23.6. The number of aliphatic hydroxyl groups excluding tert-OH is 2. The predicted molar refractivity (Wildman–Crippen MR) is 141 cm³/mol. The molecule has 2 N–H and O–H groups in total. The lowest BCUT2D eigenvalue weighted by Crippen LogP contribution is -2.55. The zero-order valence-electron chi connectivity index (χ0n) is 23.6. The molecule has 4 saturated carbocycles. The molecule has 202 valence electrons. The molecule has 1 heterocycles. The van der Waals surface area contributed by atoms with Crippen molar-refractivity contribution < 1.29 is 19.7 Å². The Kier molecular flexibility index (Phi) is 8.17. The summed E-state index contributed by atoms with van der Waals surface area (Å²) in [5, 5.41) is 20.7. The maximum Gasteiger partial charge on any atom is 0.155 e. The third-order valence-corrected chi connectivity index (χ3v) is 12.0. The van der Waals surface area contributed by atoms with Crippen molar-refractivity contribution in [1.82, 2.24) is 0 Å². The average Bonchev–Trinajstić information content (AvgIpc) is 3.10. The van der Waals surface area contributed by atoms with Gasteiger partial charge in [0.2, 0.25) is 0 Å². The SMILES string of the molecule is CC.CC(C)C1CC(O)OC(C(C)C2CC(=O)C3C4CCC5CC(O)CCC5(C)C4CCC23C)C1. The van der Waals surface area contributed by atoms with Gasteiger partial charge in [0, 0.05) is 18.8 Å². The molecule has 0 aromatic rings. The Hall–Kier alpha value is -0.450. The molecule has 5 rings (SSSR count). The third-order valence-electron chi connectivity index (χ3n) is 12.0. The van der Waals surface area contributed by atoms with Crippen molar-refractivity contribution in [2.45, 2.75) is 131 Å². The lowest BCUT2D eigenvalue weighted by atomic mass is 9.44. The minimum absolute atomic E-state index is 0.0559. The van der Waals surface area contributed by atoms with Crippen molar-refractivity contribution in [2.24, 2.45) is 58.2 Å². The highest BCUT2D eigenvalue weighted by atomic mass is 16.6. The molecule has 4 heteroatoms. The van der Waals surface area contributed by atoms with E-state index in [1.807, 2.05) is 13.8 Å². The summed E-state index contributed by atoms with van der Waals surface area (Å²) < 4.78 is 6.12. The van der Waals surface area contributed by atoms with Crippen LogP contribution in [-0.4, -0.2) is 34.5 Å². The summed E-state index contributed by atoms with van der Waals surface area (Å²) in [6.07, 6.45) is 9.49. The second kappa shape index (κ2) is 10.4. The summed E-state index contributed by atoms with van der Waals surface area (Å²) in [4.78, 5) is 13.7. The topological polar surface area (TPSA) is 66.8 Å². The number of hydrogen-bond acceptors (Lipinski definition) is 4. The lowest BCUT2D eigenvalue weighted by Gasteiger charge is -2.60. The molecular weight excluding hydrogens is 436 g/mol. The van der Waals surface area contributed by atoms with Gasteiger partial charge in [-0.2, -0.15) is 0 Å². The Labute approximate surface area is 215 Å². The molecule has 0 bridgehead atoms. The normalized spacial score (nSPS) is 50.5. The van der Waals surface area contributed by atoms with Crippen LogP contribution >= 0.6 is 0 Å². The summed E-state index contributed by atoms with van der Waals surface area (Å²) in [5.41, 5.74) is 0.364. The number of rotatable bonds is 3. The van der Waals surface area contributed by atoms with Crippen molar-refractivity contribution in [3.05, 3.63) is 0 Å². The molecular formula is C31H54O4. The molecule has 0 aromatic carbocycles. The fourth-order valence-electron chi connectivity index (χ4n) is 9.97. The quantitative estimate of drug-likeness (QED) is 0.467. The molecule has 5 aliphatic rings. The number of ether oxygens (including phenoxy) is 1. The molecule has 5 fully saturated rings. The fraction of sp³-hybridized carbons (Fsp3) is 0.968. The van der Waals surface area contributed by atoms with Crippen molar-refractivity contribution in [3.63, 3.8) is 0 Å². The molecule has 12 unspecified atom stereocenters. The molecule has 0 amide bonds. The molecule has 4 nitrogen and oxygen atoms in total. The van der Waals surface area contributed by atoms with Gasteiger partial charge in [0.1, 0.15) is 5.78 Å². The first kappa shape index (κ1) is 27.6. The largest absolute Gasteiger partial charge is 0.393 e. The van der Waals surface area contributed by atoms with Crippen molar-refractivity contribution in [1.29, 1.82) is 0 Å². The van der Waals surface area contributed by atoms with E-state index in [9.17, 15) is 15.0 Å². The molecule has 0 spiro atoms. The van der Waals surface area contributed by atoms with Gasteiger partial charge in [0.15, 0.2) is 6.29 Å². The smallest absolute Gasteiger partial charge is 0.155 e. The second-order valence-corrected chi connectivity index (χ2v) is 13.7. The van der Waals surface area contributed by atoms with E-state index in [4.69, 9.17) is 4.74 Å². The summed E-state index contributed by atoms with van der Waals surface area (Å²) in [6.45, 7) is 15.7.